The van der Waals surface area contributed by atoms with Crippen LogP contribution in [-0.2, 0) is 0 Å². The highest BCUT2D eigenvalue weighted by atomic mass is 16.2. The molecular formula is C36H30N6O6. The lowest BCUT2D eigenvalue weighted by Crippen LogP contribution is -2.31. The summed E-state index contributed by atoms with van der Waals surface area (Å²) < 4.78 is 0. The Hall–Kier alpha value is -6.30. The maximum absolute atomic E-state index is 14.2. The second-order valence-electron chi connectivity index (χ2n) is 12.2. The molecule has 12 heteroatoms. The number of benzene rings is 4. The Morgan fingerprint density at radius 3 is 0.562 bits per heavy atom. The molecule has 0 spiro atoms. The minimum Gasteiger partial charge on any atom is -0.311 e. The first kappa shape index (κ1) is 30.4. The van der Waals surface area contributed by atoms with E-state index in [0.29, 0.717) is 34.1 Å². The standard InChI is InChI=1S/C36H30N6O6/c1-37-25-10-22-13-28(16-25)40(4)35(47)23-11-26-18-30(14-23)42(6)36(48)24-12-27(17-29(15-24)41(5)34(22)46)39(3)33(45)21-8-19(31(37)43)7-20(9-21)32(44)38(26)2/h7-18H,1-6H3. The van der Waals surface area contributed by atoms with E-state index in [0.717, 1.165) is 0 Å². The van der Waals surface area contributed by atoms with Gasteiger partial charge in [0, 0.05) is 110 Å². The quantitative estimate of drug-likeness (QED) is 0.282. The van der Waals surface area contributed by atoms with Gasteiger partial charge in [0.15, 0.2) is 0 Å². The van der Waals surface area contributed by atoms with Crippen molar-refractivity contribution in [3.05, 3.63) is 106 Å². The van der Waals surface area contributed by atoms with E-state index in [-0.39, 0.29) is 33.4 Å². The Morgan fingerprint density at radius 2 is 0.396 bits per heavy atom. The van der Waals surface area contributed by atoms with Crippen LogP contribution in [0.15, 0.2) is 72.8 Å². The number of carbonyl (C=O) groups excluding carboxylic acids is 6. The van der Waals surface area contributed by atoms with Crippen LogP contribution >= 0.6 is 0 Å². The molecule has 6 amide bonds. The van der Waals surface area contributed by atoms with Gasteiger partial charge in [-0.15, -0.1) is 0 Å². The smallest absolute Gasteiger partial charge is 0.258 e. The van der Waals surface area contributed by atoms with E-state index in [1.165, 1.54) is 86.9 Å². The molecular weight excluding hydrogens is 612 g/mol. The zero-order valence-corrected chi connectivity index (χ0v) is 27.1. The average Bonchev–Trinajstić information content (AvgIpc) is 3.12. The van der Waals surface area contributed by atoms with E-state index in [9.17, 15) is 28.8 Å². The van der Waals surface area contributed by atoms with Crippen LogP contribution in [0.2, 0.25) is 0 Å². The van der Waals surface area contributed by atoms with E-state index in [1.54, 1.807) is 57.5 Å². The van der Waals surface area contributed by atoms with Crippen molar-refractivity contribution in [3.63, 3.8) is 0 Å². The van der Waals surface area contributed by atoms with Gasteiger partial charge in [0.2, 0.25) is 0 Å². The van der Waals surface area contributed by atoms with Gasteiger partial charge in [-0.1, -0.05) is 0 Å². The summed E-state index contributed by atoms with van der Waals surface area (Å²) in [4.78, 5) is 93.0. The van der Waals surface area contributed by atoms with Gasteiger partial charge in [0.25, 0.3) is 35.4 Å². The molecule has 0 atom stereocenters. The first-order valence-corrected chi connectivity index (χ1v) is 15.0. The topological polar surface area (TPSA) is 122 Å². The lowest BCUT2D eigenvalue weighted by molar-refractivity contribution is 0.0977. The van der Waals surface area contributed by atoms with Gasteiger partial charge in [0.1, 0.15) is 0 Å². The molecule has 4 aliphatic rings. The highest BCUT2D eigenvalue weighted by Crippen LogP contribution is 2.35. The fourth-order valence-electron chi connectivity index (χ4n) is 6.18. The van der Waals surface area contributed by atoms with Crippen molar-refractivity contribution in [3.8, 4) is 0 Å². The predicted octanol–water partition coefficient (Wildman–Crippen LogP) is 4.29. The highest BCUT2D eigenvalue weighted by Gasteiger charge is 2.30. The van der Waals surface area contributed by atoms with Gasteiger partial charge in [0.05, 0.1) is 0 Å². The number of anilines is 6. The summed E-state index contributed by atoms with van der Waals surface area (Å²) >= 11 is 0. The lowest BCUT2D eigenvalue weighted by Gasteiger charge is -2.25. The zero-order valence-electron chi connectivity index (χ0n) is 27.1. The Balaban J connectivity index is 1.69. The number of hydrogen-bond acceptors (Lipinski definition) is 6. The van der Waals surface area contributed by atoms with E-state index in [4.69, 9.17) is 0 Å². The third-order valence-corrected chi connectivity index (χ3v) is 9.27. The van der Waals surface area contributed by atoms with E-state index in [2.05, 4.69) is 0 Å². The summed E-state index contributed by atoms with van der Waals surface area (Å²) in [6.07, 6.45) is 0. The van der Waals surface area contributed by atoms with Crippen LogP contribution in [0, 0.1) is 0 Å². The molecule has 0 aromatic heterocycles. The molecule has 48 heavy (non-hydrogen) atoms. The van der Waals surface area contributed by atoms with Crippen LogP contribution < -0.4 is 29.4 Å². The van der Waals surface area contributed by atoms with Crippen molar-refractivity contribution < 1.29 is 28.8 Å². The lowest BCUT2D eigenvalue weighted by atomic mass is 10.0. The largest absolute Gasteiger partial charge is 0.311 e. The van der Waals surface area contributed by atoms with Crippen LogP contribution in [-0.4, -0.2) is 77.7 Å². The maximum Gasteiger partial charge on any atom is 0.258 e. The Morgan fingerprint density at radius 1 is 0.250 bits per heavy atom. The van der Waals surface area contributed by atoms with Crippen molar-refractivity contribution in [1.29, 1.82) is 0 Å². The molecule has 8 rings (SSSR count). The molecule has 0 unspecified atom stereocenters. The number of rotatable bonds is 0. The molecule has 0 saturated heterocycles. The van der Waals surface area contributed by atoms with Gasteiger partial charge in [-0.25, -0.2) is 0 Å². The summed E-state index contributed by atoms with van der Waals surface area (Å²) in [6, 6.07) is 18.4. The fraction of sp³-hybridized carbons (Fsp3) is 0.167. The van der Waals surface area contributed by atoms with E-state index in [1.807, 2.05) is 0 Å². The van der Waals surface area contributed by atoms with Crippen molar-refractivity contribution in [2.24, 2.45) is 0 Å². The molecule has 0 N–H and O–H groups in total. The van der Waals surface area contributed by atoms with Gasteiger partial charge in [-0.2, -0.15) is 0 Å². The number of amides is 6. The molecule has 0 radical (unpaired) electrons. The van der Waals surface area contributed by atoms with Gasteiger partial charge in [-0.05, 0) is 72.8 Å². The third-order valence-electron chi connectivity index (χ3n) is 9.27. The normalized spacial score (nSPS) is 16.1. The van der Waals surface area contributed by atoms with Crippen molar-refractivity contribution in [1.82, 2.24) is 0 Å². The average molecular weight is 643 g/mol. The van der Waals surface area contributed by atoms with Crippen molar-refractivity contribution >= 4 is 69.6 Å². The molecule has 0 aliphatic carbocycles. The zero-order chi connectivity index (χ0) is 34.3. The Kier molecular flexibility index (Phi) is 6.72. The fourth-order valence-corrected chi connectivity index (χ4v) is 6.18. The molecule has 12 nitrogen and oxygen atoms in total. The van der Waals surface area contributed by atoms with Gasteiger partial charge in [-0.3, -0.25) is 28.8 Å². The van der Waals surface area contributed by atoms with Crippen molar-refractivity contribution in [2.45, 2.75) is 0 Å². The summed E-state index contributed by atoms with van der Waals surface area (Å²) in [5, 5.41) is 0. The first-order chi connectivity index (χ1) is 22.7. The molecule has 0 fully saturated rings. The second kappa shape index (κ2) is 10.6. The van der Waals surface area contributed by atoms with Crippen LogP contribution in [0.3, 0.4) is 0 Å². The van der Waals surface area contributed by atoms with Crippen molar-refractivity contribution in [2.75, 3.05) is 71.7 Å². The predicted molar refractivity (Wildman–Crippen MR) is 182 cm³/mol. The third kappa shape index (κ3) is 4.60. The molecule has 4 aromatic rings. The van der Waals surface area contributed by atoms with Gasteiger partial charge < -0.3 is 29.4 Å². The molecule has 4 heterocycles. The van der Waals surface area contributed by atoms with Crippen LogP contribution in [0.25, 0.3) is 0 Å². The number of nitrogens with zero attached hydrogens (tertiary/aromatic N) is 6. The van der Waals surface area contributed by atoms with Gasteiger partial charge >= 0.3 is 0 Å². The molecule has 12 bridgehead atoms. The SMILES string of the molecule is CN1C(=O)c2cc3cc(c2)C(=O)N(C)c2cc4cc(c2)N(C)C(=O)c2cc(cc(c2)N(C)C(=O)c2cc1cc(c2)N(C)C4=O)N(C)C3=O. The summed E-state index contributed by atoms with van der Waals surface area (Å²) in [5.41, 5.74) is 2.50. The Labute approximate surface area is 275 Å². The number of hydrogen-bond donors (Lipinski definition) is 0. The second-order valence-corrected chi connectivity index (χ2v) is 12.2. The molecule has 0 saturated carbocycles. The monoisotopic (exact) mass is 642 g/mol. The van der Waals surface area contributed by atoms with E-state index >= 15 is 0 Å². The number of fused-ring (bicyclic) bond motifs is 6. The Bertz CT molecular complexity index is 1920. The first-order valence-electron chi connectivity index (χ1n) is 15.0. The maximum atomic E-state index is 14.2. The summed E-state index contributed by atoms with van der Waals surface area (Å²) in [5.74, 6) is -3.12. The molecule has 4 aliphatic heterocycles. The molecule has 240 valence electrons. The summed E-state index contributed by atoms with van der Waals surface area (Å²) in [6.45, 7) is 0. The highest BCUT2D eigenvalue weighted by molar-refractivity contribution is 6.18. The molecule has 4 aromatic carbocycles. The number of carbonyl (C=O) groups is 6. The van der Waals surface area contributed by atoms with Crippen LogP contribution in [0.5, 0.6) is 0 Å². The minimum atomic E-state index is -0.553. The van der Waals surface area contributed by atoms with Crippen LogP contribution in [0.4, 0.5) is 34.1 Å². The van der Waals surface area contributed by atoms with Crippen LogP contribution in [0.1, 0.15) is 62.1 Å². The minimum absolute atomic E-state index is 0.0566. The summed E-state index contributed by atoms with van der Waals surface area (Å²) in [7, 11) is 9.17. The van der Waals surface area contributed by atoms with E-state index < -0.39 is 35.4 Å².